The molecule has 1 aromatic rings. The molecule has 0 radical (unpaired) electrons. The Bertz CT molecular complexity index is 488. The first-order valence-corrected chi connectivity index (χ1v) is 5.97. The third-order valence-electron chi connectivity index (χ3n) is 2.42. The van der Waals surface area contributed by atoms with E-state index in [1.54, 1.807) is 18.2 Å². The Labute approximate surface area is 116 Å². The lowest BCUT2D eigenvalue weighted by atomic mass is 10.2. The smallest absolute Gasteiger partial charge is 0.313 e. The highest BCUT2D eigenvalue weighted by Crippen LogP contribution is 2.28. The number of amides is 2. The number of rotatable bonds is 5. The molecule has 1 unspecified atom stereocenters. The topological polar surface area (TPSA) is 96.9 Å². The summed E-state index contributed by atoms with van der Waals surface area (Å²) in [5.74, 6) is -0.725. The van der Waals surface area contributed by atoms with Crippen molar-refractivity contribution in [3.63, 3.8) is 0 Å². The Morgan fingerprint density at radius 3 is 2.50 bits per heavy atom. The van der Waals surface area contributed by atoms with E-state index >= 15 is 0 Å². The molecule has 0 saturated heterocycles. The van der Waals surface area contributed by atoms with Gasteiger partial charge in [0.2, 0.25) is 0 Å². The van der Waals surface area contributed by atoms with Gasteiger partial charge in [0, 0.05) is 12.6 Å². The number of aliphatic hydroxyl groups excluding tert-OH is 1. The molecule has 0 aliphatic rings. The number of methoxy groups -OCH3 is 2. The summed E-state index contributed by atoms with van der Waals surface area (Å²) < 4.78 is 10.1. The Morgan fingerprint density at radius 2 is 1.95 bits per heavy atom. The van der Waals surface area contributed by atoms with Gasteiger partial charge in [0.1, 0.15) is 11.5 Å². The van der Waals surface area contributed by atoms with Crippen molar-refractivity contribution in [2.75, 3.05) is 26.1 Å². The maximum Gasteiger partial charge on any atom is 0.313 e. The SMILES string of the molecule is COc1ccc(NC(=O)C(=O)NCC(C)O)c(OC)c1. The minimum absolute atomic E-state index is 0.00595. The van der Waals surface area contributed by atoms with Gasteiger partial charge in [0.05, 0.1) is 26.0 Å². The fraction of sp³-hybridized carbons (Fsp3) is 0.385. The number of carbonyl (C=O) groups is 2. The van der Waals surface area contributed by atoms with Gasteiger partial charge in [-0.3, -0.25) is 9.59 Å². The van der Waals surface area contributed by atoms with Crippen LogP contribution in [0.4, 0.5) is 5.69 Å². The maximum atomic E-state index is 11.7. The minimum atomic E-state index is -0.839. The Morgan fingerprint density at radius 1 is 1.25 bits per heavy atom. The highest BCUT2D eigenvalue weighted by molar-refractivity contribution is 6.39. The van der Waals surface area contributed by atoms with E-state index in [1.807, 2.05) is 0 Å². The van der Waals surface area contributed by atoms with Crippen LogP contribution in [0.15, 0.2) is 18.2 Å². The molecule has 20 heavy (non-hydrogen) atoms. The van der Waals surface area contributed by atoms with Crippen LogP contribution in [0, 0.1) is 0 Å². The van der Waals surface area contributed by atoms with Crippen molar-refractivity contribution in [1.82, 2.24) is 5.32 Å². The minimum Gasteiger partial charge on any atom is -0.497 e. The lowest BCUT2D eigenvalue weighted by Crippen LogP contribution is -2.38. The number of nitrogens with one attached hydrogen (secondary N) is 2. The highest BCUT2D eigenvalue weighted by atomic mass is 16.5. The monoisotopic (exact) mass is 282 g/mol. The molecule has 110 valence electrons. The summed E-state index contributed by atoms with van der Waals surface area (Å²) in [6.07, 6.45) is -0.720. The molecule has 0 spiro atoms. The van der Waals surface area contributed by atoms with Crippen LogP contribution in [0.2, 0.25) is 0 Å². The van der Waals surface area contributed by atoms with E-state index in [9.17, 15) is 9.59 Å². The molecular weight excluding hydrogens is 264 g/mol. The van der Waals surface area contributed by atoms with Gasteiger partial charge in [0.15, 0.2) is 0 Å². The number of anilines is 1. The molecule has 1 rings (SSSR count). The van der Waals surface area contributed by atoms with Crippen LogP contribution in [-0.4, -0.2) is 43.8 Å². The first-order chi connectivity index (χ1) is 9.47. The molecule has 0 saturated carbocycles. The van der Waals surface area contributed by atoms with Crippen LogP contribution in [0.5, 0.6) is 11.5 Å². The molecule has 0 bridgehead atoms. The predicted molar refractivity (Wildman–Crippen MR) is 72.9 cm³/mol. The van der Waals surface area contributed by atoms with Gasteiger partial charge in [-0.1, -0.05) is 0 Å². The number of hydrogen-bond donors (Lipinski definition) is 3. The summed E-state index contributed by atoms with van der Waals surface area (Å²) in [7, 11) is 2.95. The molecule has 7 nitrogen and oxygen atoms in total. The summed E-state index contributed by atoms with van der Waals surface area (Å²) in [6, 6.07) is 4.78. The predicted octanol–water partition coefficient (Wildman–Crippen LogP) is 0.139. The van der Waals surface area contributed by atoms with Gasteiger partial charge < -0.3 is 25.2 Å². The number of hydrogen-bond acceptors (Lipinski definition) is 5. The molecule has 0 aliphatic heterocycles. The van der Waals surface area contributed by atoms with Gasteiger partial charge in [-0.2, -0.15) is 0 Å². The number of ether oxygens (including phenoxy) is 2. The van der Waals surface area contributed by atoms with Crippen LogP contribution in [0.3, 0.4) is 0 Å². The Kier molecular flexibility index (Phi) is 5.79. The second kappa shape index (κ2) is 7.34. The quantitative estimate of drug-likeness (QED) is 0.667. The molecule has 1 atom stereocenters. The van der Waals surface area contributed by atoms with E-state index in [2.05, 4.69) is 10.6 Å². The maximum absolute atomic E-state index is 11.7. The van der Waals surface area contributed by atoms with E-state index in [0.717, 1.165) is 0 Å². The summed E-state index contributed by atoms with van der Waals surface area (Å²) >= 11 is 0. The zero-order chi connectivity index (χ0) is 15.1. The number of benzene rings is 1. The molecule has 3 N–H and O–H groups in total. The van der Waals surface area contributed by atoms with Crippen molar-refractivity contribution in [2.45, 2.75) is 13.0 Å². The van der Waals surface area contributed by atoms with Crippen molar-refractivity contribution < 1.29 is 24.2 Å². The standard InChI is InChI=1S/C13H18N2O5/c1-8(16)7-14-12(17)13(18)15-10-5-4-9(19-2)6-11(10)20-3/h4-6,8,16H,7H2,1-3H3,(H,14,17)(H,15,18). The average Bonchev–Trinajstić information content (AvgIpc) is 2.44. The van der Waals surface area contributed by atoms with Crippen molar-refractivity contribution in [3.8, 4) is 11.5 Å². The summed E-state index contributed by atoms with van der Waals surface area (Å²) in [5, 5.41) is 13.8. The fourth-order valence-corrected chi connectivity index (χ4v) is 1.40. The highest BCUT2D eigenvalue weighted by Gasteiger charge is 2.16. The average molecular weight is 282 g/mol. The second-order valence-electron chi connectivity index (χ2n) is 4.08. The third kappa shape index (κ3) is 4.43. The van der Waals surface area contributed by atoms with E-state index < -0.39 is 17.9 Å². The van der Waals surface area contributed by atoms with Crippen molar-refractivity contribution in [2.24, 2.45) is 0 Å². The molecule has 2 amide bonds. The largest absolute Gasteiger partial charge is 0.497 e. The summed E-state index contributed by atoms with van der Waals surface area (Å²) in [5.41, 5.74) is 0.352. The lowest BCUT2D eigenvalue weighted by Gasteiger charge is -2.12. The molecule has 1 aromatic carbocycles. The molecule has 7 heteroatoms. The lowest BCUT2D eigenvalue weighted by molar-refractivity contribution is -0.136. The van der Waals surface area contributed by atoms with E-state index in [0.29, 0.717) is 17.2 Å². The van der Waals surface area contributed by atoms with Crippen LogP contribution in [0.25, 0.3) is 0 Å². The number of carbonyl (C=O) groups excluding carboxylic acids is 2. The second-order valence-corrected chi connectivity index (χ2v) is 4.08. The van der Waals surface area contributed by atoms with E-state index in [4.69, 9.17) is 14.6 Å². The number of aliphatic hydroxyl groups is 1. The van der Waals surface area contributed by atoms with Crippen molar-refractivity contribution in [1.29, 1.82) is 0 Å². The Balaban J connectivity index is 2.72. The van der Waals surface area contributed by atoms with Gasteiger partial charge in [-0.15, -0.1) is 0 Å². The third-order valence-corrected chi connectivity index (χ3v) is 2.42. The Hall–Kier alpha value is -2.28. The van der Waals surface area contributed by atoms with Crippen molar-refractivity contribution in [3.05, 3.63) is 18.2 Å². The van der Waals surface area contributed by atoms with Gasteiger partial charge in [-0.05, 0) is 19.1 Å². The van der Waals surface area contributed by atoms with Gasteiger partial charge in [-0.25, -0.2) is 0 Å². The molecule has 0 aromatic heterocycles. The van der Waals surface area contributed by atoms with Crippen LogP contribution >= 0.6 is 0 Å². The van der Waals surface area contributed by atoms with Crippen LogP contribution in [-0.2, 0) is 9.59 Å². The molecule has 0 aliphatic carbocycles. The van der Waals surface area contributed by atoms with Crippen LogP contribution in [0.1, 0.15) is 6.92 Å². The van der Waals surface area contributed by atoms with Gasteiger partial charge in [0.25, 0.3) is 0 Å². The summed E-state index contributed by atoms with van der Waals surface area (Å²) in [4.78, 5) is 23.1. The van der Waals surface area contributed by atoms with Gasteiger partial charge >= 0.3 is 11.8 Å². The summed E-state index contributed by atoms with van der Waals surface area (Å²) in [6.45, 7) is 1.51. The molecule has 0 fully saturated rings. The first-order valence-electron chi connectivity index (χ1n) is 5.97. The first kappa shape index (κ1) is 15.8. The zero-order valence-corrected chi connectivity index (χ0v) is 11.6. The molecule has 0 heterocycles. The zero-order valence-electron chi connectivity index (χ0n) is 11.6. The van der Waals surface area contributed by atoms with Crippen molar-refractivity contribution >= 4 is 17.5 Å². The fourth-order valence-electron chi connectivity index (χ4n) is 1.40. The van der Waals surface area contributed by atoms with E-state index in [-0.39, 0.29) is 6.54 Å². The van der Waals surface area contributed by atoms with Crippen LogP contribution < -0.4 is 20.1 Å². The molecular formula is C13H18N2O5. The van der Waals surface area contributed by atoms with E-state index in [1.165, 1.54) is 21.1 Å². The normalized spacial score (nSPS) is 11.4.